The van der Waals surface area contributed by atoms with E-state index in [1.165, 1.54) is 26.4 Å². The summed E-state index contributed by atoms with van der Waals surface area (Å²) in [4.78, 5) is 11.7. The predicted octanol–water partition coefficient (Wildman–Crippen LogP) is 4.66. The van der Waals surface area contributed by atoms with Crippen molar-refractivity contribution in [2.45, 2.75) is 45.1 Å². The van der Waals surface area contributed by atoms with Crippen molar-refractivity contribution in [1.29, 1.82) is 0 Å². The van der Waals surface area contributed by atoms with Gasteiger partial charge in [0.05, 0.1) is 18.8 Å². The first kappa shape index (κ1) is 16.8. The molecule has 0 radical (unpaired) electrons. The number of carbonyl (C=O) groups is 1. The third kappa shape index (κ3) is 3.39. The summed E-state index contributed by atoms with van der Waals surface area (Å²) in [5.41, 5.74) is 2.15. The number of carbonyl (C=O) groups excluding carboxylic acids is 1. The van der Waals surface area contributed by atoms with Crippen molar-refractivity contribution in [2.24, 2.45) is 5.92 Å². The zero-order chi connectivity index (χ0) is 17.1. The molecule has 1 unspecified atom stereocenters. The van der Waals surface area contributed by atoms with E-state index in [0.29, 0.717) is 17.2 Å². The summed E-state index contributed by atoms with van der Waals surface area (Å²) in [6.07, 6.45) is 5.29. The van der Waals surface area contributed by atoms with Crippen LogP contribution >= 0.6 is 0 Å². The van der Waals surface area contributed by atoms with Crippen LogP contribution in [0.3, 0.4) is 0 Å². The maximum Gasteiger partial charge on any atom is 0.337 e. The molecule has 0 amide bonds. The molecule has 24 heavy (non-hydrogen) atoms. The maximum atomic E-state index is 11.7. The van der Waals surface area contributed by atoms with Gasteiger partial charge < -0.3 is 14.3 Å². The lowest BCUT2D eigenvalue weighted by molar-refractivity contribution is 0.0600. The van der Waals surface area contributed by atoms with Gasteiger partial charge in [-0.2, -0.15) is 0 Å². The third-order valence-corrected chi connectivity index (χ3v) is 4.94. The summed E-state index contributed by atoms with van der Waals surface area (Å²) in [5, 5.41) is 10.7. The number of aliphatic hydroxyl groups is 1. The molecule has 0 bridgehead atoms. The Labute approximate surface area is 142 Å². The fourth-order valence-electron chi connectivity index (χ4n) is 3.55. The molecule has 3 rings (SSSR count). The van der Waals surface area contributed by atoms with Gasteiger partial charge in [0, 0.05) is 11.1 Å². The lowest BCUT2D eigenvalue weighted by Crippen LogP contribution is -2.16. The molecule has 2 aromatic rings. The molecule has 1 aromatic carbocycles. The van der Waals surface area contributed by atoms with Crippen LogP contribution < -0.4 is 0 Å². The predicted molar refractivity (Wildman–Crippen MR) is 91.8 cm³/mol. The molecule has 0 aliphatic heterocycles. The first-order chi connectivity index (χ1) is 11.6. The highest BCUT2D eigenvalue weighted by atomic mass is 16.5. The van der Waals surface area contributed by atoms with Crippen LogP contribution in [-0.2, 0) is 4.74 Å². The Bertz CT molecular complexity index is 710. The number of ether oxygens (including phenoxy) is 1. The summed E-state index contributed by atoms with van der Waals surface area (Å²) >= 11 is 0. The van der Waals surface area contributed by atoms with E-state index < -0.39 is 6.10 Å². The van der Waals surface area contributed by atoms with E-state index in [9.17, 15) is 9.90 Å². The number of benzene rings is 1. The Hall–Kier alpha value is -2.07. The third-order valence-electron chi connectivity index (χ3n) is 4.94. The van der Waals surface area contributed by atoms with E-state index in [-0.39, 0.29) is 5.97 Å². The average Bonchev–Trinajstić information content (AvgIpc) is 3.03. The highest BCUT2D eigenvalue weighted by Gasteiger charge is 2.26. The number of aryl methyl sites for hydroxylation is 1. The Morgan fingerprint density at radius 1 is 1.25 bits per heavy atom. The summed E-state index contributed by atoms with van der Waals surface area (Å²) in [6.45, 7) is 1.88. The zero-order valence-electron chi connectivity index (χ0n) is 14.2. The smallest absolute Gasteiger partial charge is 0.337 e. The number of furan rings is 1. The number of aliphatic hydroxyl groups excluding tert-OH is 1. The van der Waals surface area contributed by atoms with Crippen molar-refractivity contribution in [3.63, 3.8) is 0 Å². The van der Waals surface area contributed by atoms with E-state index in [1.807, 2.05) is 19.1 Å². The van der Waals surface area contributed by atoms with Gasteiger partial charge >= 0.3 is 5.97 Å². The fraction of sp³-hybridized carbons (Fsp3) is 0.450. The van der Waals surface area contributed by atoms with Crippen LogP contribution in [0.4, 0.5) is 0 Å². The number of hydrogen-bond acceptors (Lipinski definition) is 4. The van der Waals surface area contributed by atoms with Gasteiger partial charge in [-0.3, -0.25) is 0 Å². The van der Waals surface area contributed by atoms with Gasteiger partial charge in [0.15, 0.2) is 0 Å². The molecule has 1 atom stereocenters. The van der Waals surface area contributed by atoms with Crippen molar-refractivity contribution in [3.05, 3.63) is 47.2 Å². The van der Waals surface area contributed by atoms with E-state index in [1.54, 1.807) is 18.2 Å². The van der Waals surface area contributed by atoms with Crippen molar-refractivity contribution < 1.29 is 19.1 Å². The Kier molecular flexibility index (Phi) is 5.05. The molecular weight excluding hydrogens is 304 g/mol. The van der Waals surface area contributed by atoms with Crippen LogP contribution in [0, 0.1) is 12.8 Å². The van der Waals surface area contributed by atoms with Gasteiger partial charge in [0.2, 0.25) is 0 Å². The van der Waals surface area contributed by atoms with Gasteiger partial charge in [-0.1, -0.05) is 31.4 Å². The van der Waals surface area contributed by atoms with Gasteiger partial charge in [-0.25, -0.2) is 4.79 Å². The van der Waals surface area contributed by atoms with Crippen molar-refractivity contribution >= 4 is 5.97 Å². The second-order valence-corrected chi connectivity index (χ2v) is 6.54. The van der Waals surface area contributed by atoms with Gasteiger partial charge in [0.1, 0.15) is 11.5 Å². The molecule has 1 saturated carbocycles. The molecule has 1 aliphatic carbocycles. The minimum Gasteiger partial charge on any atom is -0.465 e. The average molecular weight is 328 g/mol. The zero-order valence-corrected chi connectivity index (χ0v) is 14.2. The van der Waals surface area contributed by atoms with Crippen molar-refractivity contribution in [2.75, 3.05) is 7.11 Å². The summed E-state index contributed by atoms with van der Waals surface area (Å²) < 4.78 is 10.6. The molecule has 1 fully saturated rings. The van der Waals surface area contributed by atoms with E-state index in [0.717, 1.165) is 29.7 Å². The number of esters is 1. The number of hydrogen-bond donors (Lipinski definition) is 1. The highest BCUT2D eigenvalue weighted by Crippen LogP contribution is 2.38. The van der Waals surface area contributed by atoms with Crippen molar-refractivity contribution in [3.8, 4) is 11.3 Å². The number of methoxy groups -OCH3 is 1. The second kappa shape index (κ2) is 7.22. The van der Waals surface area contributed by atoms with E-state index in [4.69, 9.17) is 9.15 Å². The lowest BCUT2D eigenvalue weighted by atomic mass is 9.83. The lowest BCUT2D eigenvalue weighted by Gasteiger charge is -2.26. The minimum absolute atomic E-state index is 0.310. The molecule has 1 N–H and O–H groups in total. The molecule has 1 aliphatic rings. The Morgan fingerprint density at radius 2 is 2.00 bits per heavy atom. The Balaban J connectivity index is 1.87. The fourth-order valence-corrected chi connectivity index (χ4v) is 3.55. The summed E-state index contributed by atoms with van der Waals surface area (Å²) in [5.74, 6) is 1.35. The first-order valence-electron chi connectivity index (χ1n) is 8.57. The number of rotatable bonds is 4. The molecule has 1 heterocycles. The SMILES string of the molecule is COC(=O)c1cccc(-c2cc(C(O)C3CCCCC3)c(C)o2)c1. The van der Waals surface area contributed by atoms with Crippen molar-refractivity contribution in [1.82, 2.24) is 0 Å². The molecule has 128 valence electrons. The molecule has 0 spiro atoms. The normalized spacial score (nSPS) is 16.8. The molecule has 1 aromatic heterocycles. The summed E-state index contributed by atoms with van der Waals surface area (Å²) in [6, 6.07) is 9.06. The standard InChI is InChI=1S/C20H24O4/c1-13-17(19(21)14-7-4-3-5-8-14)12-18(24-13)15-9-6-10-16(11-15)20(22)23-2/h6,9-12,14,19,21H,3-5,7-8H2,1-2H3. The van der Waals surface area contributed by atoms with Gasteiger partial charge in [-0.05, 0) is 43.9 Å². The quantitative estimate of drug-likeness (QED) is 0.830. The second-order valence-electron chi connectivity index (χ2n) is 6.54. The Morgan fingerprint density at radius 3 is 2.71 bits per heavy atom. The van der Waals surface area contributed by atoms with Gasteiger partial charge in [-0.15, -0.1) is 0 Å². The van der Waals surface area contributed by atoms with Crippen LogP contribution in [0.25, 0.3) is 11.3 Å². The van der Waals surface area contributed by atoms with Crippen LogP contribution in [0.15, 0.2) is 34.7 Å². The topological polar surface area (TPSA) is 59.7 Å². The van der Waals surface area contributed by atoms with E-state index >= 15 is 0 Å². The molecular formula is C20H24O4. The maximum absolute atomic E-state index is 11.7. The largest absolute Gasteiger partial charge is 0.465 e. The van der Waals surface area contributed by atoms with Gasteiger partial charge in [0.25, 0.3) is 0 Å². The summed E-state index contributed by atoms with van der Waals surface area (Å²) in [7, 11) is 1.37. The van der Waals surface area contributed by atoms with Crippen LogP contribution in [0.2, 0.25) is 0 Å². The first-order valence-corrected chi connectivity index (χ1v) is 8.57. The molecule has 0 saturated heterocycles. The van der Waals surface area contributed by atoms with Crippen LogP contribution in [0.1, 0.15) is 59.9 Å². The monoisotopic (exact) mass is 328 g/mol. The molecule has 4 nitrogen and oxygen atoms in total. The van der Waals surface area contributed by atoms with E-state index in [2.05, 4.69) is 0 Å². The minimum atomic E-state index is -0.480. The van der Waals surface area contributed by atoms with Crippen LogP contribution in [-0.4, -0.2) is 18.2 Å². The van der Waals surface area contributed by atoms with Crippen LogP contribution in [0.5, 0.6) is 0 Å². The molecule has 4 heteroatoms. The highest BCUT2D eigenvalue weighted by molar-refractivity contribution is 5.90.